The lowest BCUT2D eigenvalue weighted by molar-refractivity contribution is 0.102. The summed E-state index contributed by atoms with van der Waals surface area (Å²) >= 11 is 0. The number of aryl methyl sites for hydroxylation is 1. The number of rotatable bonds is 6. The van der Waals surface area contributed by atoms with Crippen molar-refractivity contribution in [2.75, 3.05) is 5.32 Å². The predicted octanol–water partition coefficient (Wildman–Crippen LogP) is 2.96. The fraction of sp³-hybridized carbons (Fsp3) is 0.389. The lowest BCUT2D eigenvalue weighted by Gasteiger charge is -2.05. The number of nitrogens with zero attached hydrogens (tertiary/aromatic N) is 4. The molecule has 8 nitrogen and oxygen atoms in total. The maximum absolute atomic E-state index is 12.3. The van der Waals surface area contributed by atoms with Crippen molar-refractivity contribution in [3.63, 3.8) is 0 Å². The highest BCUT2D eigenvalue weighted by Crippen LogP contribution is 2.28. The van der Waals surface area contributed by atoms with Gasteiger partial charge in [0, 0.05) is 12.6 Å². The van der Waals surface area contributed by atoms with Crippen molar-refractivity contribution in [1.29, 1.82) is 0 Å². The molecule has 0 aromatic carbocycles. The summed E-state index contributed by atoms with van der Waals surface area (Å²) in [7, 11) is 0. The maximum Gasteiger partial charge on any atom is 0.276 e. The highest BCUT2D eigenvalue weighted by atomic mass is 16.2. The number of nitrogens with one attached hydrogen (secondary N) is 3. The van der Waals surface area contributed by atoms with Crippen molar-refractivity contribution in [3.05, 3.63) is 42.0 Å². The first-order valence-electron chi connectivity index (χ1n) is 8.97. The molecule has 3 heterocycles. The van der Waals surface area contributed by atoms with Gasteiger partial charge >= 0.3 is 0 Å². The van der Waals surface area contributed by atoms with Crippen LogP contribution < -0.4 is 5.32 Å². The molecule has 8 heteroatoms. The summed E-state index contributed by atoms with van der Waals surface area (Å²) < 4.78 is 0. The second-order valence-corrected chi connectivity index (χ2v) is 6.63. The molecule has 1 aliphatic rings. The molecule has 4 rings (SSSR count). The van der Waals surface area contributed by atoms with Gasteiger partial charge in [-0.25, -0.2) is 0 Å². The third-order valence-electron chi connectivity index (χ3n) is 4.77. The van der Waals surface area contributed by atoms with Gasteiger partial charge in [0.15, 0.2) is 0 Å². The molecule has 0 atom stereocenters. The first-order chi connectivity index (χ1) is 12.8. The standard InChI is InChI=1S/C18H21N7O/c26-17(15-11-14(22-23-15)13-7-3-4-10-19-13)21-18-20-16(24-25-18)9-8-12-5-1-2-6-12/h3-4,7,10-12H,1-2,5-6,8-9H2,(H,22,23)(H2,20,21,24,25,26). The summed E-state index contributed by atoms with van der Waals surface area (Å²) in [4.78, 5) is 20.9. The normalized spacial score (nSPS) is 14.6. The molecular formula is C18H21N7O. The van der Waals surface area contributed by atoms with E-state index in [0.29, 0.717) is 17.1 Å². The number of amides is 1. The van der Waals surface area contributed by atoms with Gasteiger partial charge in [0.2, 0.25) is 5.95 Å². The molecule has 3 aromatic rings. The van der Waals surface area contributed by atoms with E-state index in [1.54, 1.807) is 12.3 Å². The zero-order valence-electron chi connectivity index (χ0n) is 14.4. The molecule has 0 radical (unpaired) electrons. The Balaban J connectivity index is 1.35. The number of anilines is 1. The average Bonchev–Trinajstić information content (AvgIpc) is 3.42. The van der Waals surface area contributed by atoms with Crippen LogP contribution in [0.2, 0.25) is 0 Å². The fourth-order valence-corrected chi connectivity index (χ4v) is 3.36. The van der Waals surface area contributed by atoms with Gasteiger partial charge in [-0.3, -0.25) is 25.3 Å². The fourth-order valence-electron chi connectivity index (χ4n) is 3.36. The number of hydrogen-bond acceptors (Lipinski definition) is 5. The molecule has 0 aliphatic heterocycles. The SMILES string of the molecule is O=C(Nc1n[nH]c(CCC2CCCC2)n1)c1cc(-c2ccccn2)n[nH]1. The quantitative estimate of drug-likeness (QED) is 0.632. The number of aromatic amines is 2. The van der Waals surface area contributed by atoms with Crippen LogP contribution in [0.15, 0.2) is 30.5 Å². The van der Waals surface area contributed by atoms with Crippen LogP contribution in [-0.4, -0.2) is 36.3 Å². The van der Waals surface area contributed by atoms with Gasteiger partial charge in [-0.1, -0.05) is 31.7 Å². The van der Waals surface area contributed by atoms with Crippen molar-refractivity contribution in [2.45, 2.75) is 38.5 Å². The third kappa shape index (κ3) is 3.79. The summed E-state index contributed by atoms with van der Waals surface area (Å²) in [6.45, 7) is 0. The van der Waals surface area contributed by atoms with Crippen molar-refractivity contribution in [2.24, 2.45) is 5.92 Å². The lowest BCUT2D eigenvalue weighted by Crippen LogP contribution is -2.13. The number of H-pyrrole nitrogens is 2. The minimum absolute atomic E-state index is 0.283. The van der Waals surface area contributed by atoms with Gasteiger partial charge in [-0.15, -0.1) is 5.10 Å². The van der Waals surface area contributed by atoms with Gasteiger partial charge < -0.3 is 0 Å². The van der Waals surface area contributed by atoms with Crippen molar-refractivity contribution < 1.29 is 4.79 Å². The molecule has 1 fully saturated rings. The zero-order valence-corrected chi connectivity index (χ0v) is 14.4. The van der Waals surface area contributed by atoms with E-state index in [1.165, 1.54) is 25.7 Å². The van der Waals surface area contributed by atoms with E-state index in [0.717, 1.165) is 24.6 Å². The van der Waals surface area contributed by atoms with E-state index < -0.39 is 0 Å². The summed E-state index contributed by atoms with van der Waals surface area (Å²) in [6, 6.07) is 7.20. The molecule has 1 saturated carbocycles. The summed E-state index contributed by atoms with van der Waals surface area (Å²) in [5.74, 6) is 1.56. The van der Waals surface area contributed by atoms with Crippen LogP contribution in [0.5, 0.6) is 0 Å². The van der Waals surface area contributed by atoms with Crippen LogP contribution in [0, 0.1) is 5.92 Å². The predicted molar refractivity (Wildman–Crippen MR) is 96.4 cm³/mol. The van der Waals surface area contributed by atoms with Gasteiger partial charge in [-0.05, 0) is 30.5 Å². The van der Waals surface area contributed by atoms with E-state index in [-0.39, 0.29) is 11.9 Å². The molecular weight excluding hydrogens is 330 g/mol. The molecule has 1 aliphatic carbocycles. The Morgan fingerprint density at radius 2 is 2.04 bits per heavy atom. The van der Waals surface area contributed by atoms with Crippen LogP contribution >= 0.6 is 0 Å². The van der Waals surface area contributed by atoms with Crippen LogP contribution in [0.25, 0.3) is 11.4 Å². The molecule has 0 spiro atoms. The summed E-state index contributed by atoms with van der Waals surface area (Å²) in [5.41, 5.74) is 1.65. The Morgan fingerprint density at radius 3 is 2.85 bits per heavy atom. The minimum Gasteiger partial charge on any atom is -0.288 e. The summed E-state index contributed by atoms with van der Waals surface area (Å²) in [6.07, 6.45) is 8.98. The second-order valence-electron chi connectivity index (χ2n) is 6.63. The molecule has 26 heavy (non-hydrogen) atoms. The van der Waals surface area contributed by atoms with E-state index in [1.807, 2.05) is 18.2 Å². The molecule has 0 saturated heterocycles. The van der Waals surface area contributed by atoms with Crippen LogP contribution in [0.4, 0.5) is 5.95 Å². The van der Waals surface area contributed by atoms with Crippen LogP contribution in [0.3, 0.4) is 0 Å². The molecule has 1 amide bonds. The number of carbonyl (C=O) groups excluding carboxylic acids is 1. The molecule has 134 valence electrons. The maximum atomic E-state index is 12.3. The van der Waals surface area contributed by atoms with E-state index in [9.17, 15) is 4.79 Å². The van der Waals surface area contributed by atoms with E-state index in [4.69, 9.17) is 0 Å². The second kappa shape index (κ2) is 7.47. The molecule has 0 unspecified atom stereocenters. The Labute approximate surface area is 150 Å². The topological polar surface area (TPSA) is 112 Å². The highest BCUT2D eigenvalue weighted by molar-refractivity contribution is 6.02. The number of hydrogen-bond donors (Lipinski definition) is 3. The average molecular weight is 351 g/mol. The first kappa shape index (κ1) is 16.4. The first-order valence-corrected chi connectivity index (χ1v) is 8.97. The van der Waals surface area contributed by atoms with Crippen molar-refractivity contribution >= 4 is 11.9 Å². The Morgan fingerprint density at radius 1 is 1.15 bits per heavy atom. The highest BCUT2D eigenvalue weighted by Gasteiger charge is 2.17. The van der Waals surface area contributed by atoms with Crippen LogP contribution in [-0.2, 0) is 6.42 Å². The van der Waals surface area contributed by atoms with Gasteiger partial charge in [0.1, 0.15) is 17.2 Å². The number of carbonyl (C=O) groups is 1. The summed E-state index contributed by atoms with van der Waals surface area (Å²) in [5, 5.41) is 16.5. The van der Waals surface area contributed by atoms with Gasteiger partial charge in [-0.2, -0.15) is 10.1 Å². The Kier molecular flexibility index (Phi) is 4.72. The van der Waals surface area contributed by atoms with E-state index in [2.05, 4.69) is 35.7 Å². The van der Waals surface area contributed by atoms with Gasteiger partial charge in [0.25, 0.3) is 5.91 Å². The molecule has 0 bridgehead atoms. The number of pyridine rings is 1. The zero-order chi connectivity index (χ0) is 17.8. The minimum atomic E-state index is -0.332. The Bertz CT molecular complexity index is 865. The van der Waals surface area contributed by atoms with E-state index >= 15 is 0 Å². The van der Waals surface area contributed by atoms with Crippen molar-refractivity contribution in [3.8, 4) is 11.4 Å². The lowest BCUT2D eigenvalue weighted by atomic mass is 10.0. The third-order valence-corrected chi connectivity index (χ3v) is 4.77. The monoisotopic (exact) mass is 351 g/mol. The Hall–Kier alpha value is -3.03. The molecule has 3 N–H and O–H groups in total. The van der Waals surface area contributed by atoms with Crippen molar-refractivity contribution in [1.82, 2.24) is 30.4 Å². The smallest absolute Gasteiger partial charge is 0.276 e. The molecule has 3 aromatic heterocycles. The largest absolute Gasteiger partial charge is 0.288 e. The number of aromatic nitrogens is 6. The van der Waals surface area contributed by atoms with Crippen LogP contribution in [0.1, 0.15) is 48.4 Å². The van der Waals surface area contributed by atoms with Gasteiger partial charge in [0.05, 0.1) is 5.69 Å².